The standard InChI is InChI=1S/C18H14Cl4N2O.C15H22O3/c19-13-2-1-12(16(21)7-13)10-25-18(9-24-6-5-23-11-24)15-4-3-14(20)8-17(15)22;1-11-6-7-12(2)13(10-11)18-9-5-8-15(3,4)14(16)17/h1-8,11,18H,9-10H2;6-7,10H,5,8-9H2,1-4H3,(H,16,17). The summed E-state index contributed by atoms with van der Waals surface area (Å²) in [7, 11) is 0. The minimum absolute atomic E-state index is 0.286. The zero-order chi connectivity index (χ0) is 31.6. The minimum atomic E-state index is -0.755. The van der Waals surface area contributed by atoms with Gasteiger partial charge in [0.2, 0.25) is 0 Å². The highest BCUT2D eigenvalue weighted by Gasteiger charge is 2.26. The Bertz CT molecular complexity index is 1490. The first-order chi connectivity index (χ1) is 20.4. The summed E-state index contributed by atoms with van der Waals surface area (Å²) in [5, 5.41) is 11.3. The predicted molar refractivity (Wildman–Crippen MR) is 175 cm³/mol. The fraction of sp³-hybridized carbons (Fsp3) is 0.333. The van der Waals surface area contributed by atoms with E-state index in [0.29, 0.717) is 46.3 Å². The number of aromatic nitrogens is 2. The van der Waals surface area contributed by atoms with Crippen LogP contribution in [0.4, 0.5) is 0 Å². The molecule has 0 aliphatic heterocycles. The van der Waals surface area contributed by atoms with Gasteiger partial charge in [-0.25, -0.2) is 4.98 Å². The van der Waals surface area contributed by atoms with Crippen molar-refractivity contribution in [2.45, 2.75) is 59.8 Å². The number of halogens is 4. The van der Waals surface area contributed by atoms with Crippen molar-refractivity contribution in [2.24, 2.45) is 5.41 Å². The quantitative estimate of drug-likeness (QED) is 0.152. The average Bonchev–Trinajstić information content (AvgIpc) is 3.45. The molecule has 1 N–H and O–H groups in total. The van der Waals surface area contributed by atoms with E-state index in [1.54, 1.807) is 50.6 Å². The molecule has 10 heteroatoms. The van der Waals surface area contributed by atoms with Gasteiger partial charge < -0.3 is 19.1 Å². The second-order valence-electron chi connectivity index (χ2n) is 10.9. The van der Waals surface area contributed by atoms with Crippen LogP contribution in [0.2, 0.25) is 20.1 Å². The highest BCUT2D eigenvalue weighted by molar-refractivity contribution is 6.35. The summed E-state index contributed by atoms with van der Waals surface area (Å²) in [4.78, 5) is 15.0. The summed E-state index contributed by atoms with van der Waals surface area (Å²) < 4.78 is 13.8. The number of imidazole rings is 1. The van der Waals surface area contributed by atoms with Gasteiger partial charge in [0, 0.05) is 38.0 Å². The lowest BCUT2D eigenvalue weighted by atomic mass is 9.88. The molecule has 0 saturated heterocycles. The predicted octanol–water partition coefficient (Wildman–Crippen LogP) is 10.0. The summed E-state index contributed by atoms with van der Waals surface area (Å²) in [6.45, 7) is 8.97. The third kappa shape index (κ3) is 11.0. The zero-order valence-corrected chi connectivity index (χ0v) is 27.6. The first-order valence-corrected chi connectivity index (χ1v) is 15.3. The summed E-state index contributed by atoms with van der Waals surface area (Å²) in [6, 6.07) is 16.8. The van der Waals surface area contributed by atoms with Gasteiger partial charge in [0.05, 0.1) is 31.5 Å². The van der Waals surface area contributed by atoms with E-state index in [4.69, 9.17) is 61.0 Å². The number of aliphatic carboxylic acids is 1. The van der Waals surface area contributed by atoms with Crippen molar-refractivity contribution < 1.29 is 19.4 Å². The van der Waals surface area contributed by atoms with Crippen molar-refractivity contribution in [3.8, 4) is 5.75 Å². The lowest BCUT2D eigenvalue weighted by Crippen LogP contribution is -2.24. The number of carboxylic acids is 1. The fourth-order valence-corrected chi connectivity index (χ4v) is 5.08. The molecule has 1 unspecified atom stereocenters. The molecule has 0 aliphatic rings. The van der Waals surface area contributed by atoms with Crippen LogP contribution in [-0.2, 0) is 22.7 Å². The molecule has 1 heterocycles. The van der Waals surface area contributed by atoms with E-state index in [1.807, 2.05) is 48.9 Å². The smallest absolute Gasteiger partial charge is 0.309 e. The van der Waals surface area contributed by atoms with Crippen LogP contribution in [0.25, 0.3) is 0 Å². The van der Waals surface area contributed by atoms with E-state index in [0.717, 1.165) is 28.9 Å². The largest absolute Gasteiger partial charge is 0.493 e. The number of carbonyl (C=O) groups is 1. The lowest BCUT2D eigenvalue weighted by molar-refractivity contribution is -0.147. The molecule has 0 fully saturated rings. The van der Waals surface area contributed by atoms with Gasteiger partial charge in [0.25, 0.3) is 0 Å². The Hall–Kier alpha value is -2.74. The maximum atomic E-state index is 10.9. The Labute approximate surface area is 273 Å². The second-order valence-corrected chi connectivity index (χ2v) is 12.6. The van der Waals surface area contributed by atoms with E-state index < -0.39 is 11.4 Å². The Morgan fingerprint density at radius 3 is 2.30 bits per heavy atom. The lowest BCUT2D eigenvalue weighted by Gasteiger charge is -2.21. The zero-order valence-electron chi connectivity index (χ0n) is 24.6. The van der Waals surface area contributed by atoms with Crippen molar-refractivity contribution in [1.82, 2.24) is 9.55 Å². The van der Waals surface area contributed by atoms with Crippen LogP contribution in [0, 0.1) is 19.3 Å². The van der Waals surface area contributed by atoms with Crippen molar-refractivity contribution in [3.05, 3.63) is 116 Å². The molecule has 43 heavy (non-hydrogen) atoms. The number of benzene rings is 3. The number of carboxylic acid groups (broad SMARTS) is 1. The van der Waals surface area contributed by atoms with Crippen LogP contribution in [0.1, 0.15) is 55.0 Å². The maximum Gasteiger partial charge on any atom is 0.309 e. The van der Waals surface area contributed by atoms with Crippen LogP contribution in [0.15, 0.2) is 73.3 Å². The number of hydrogen-bond donors (Lipinski definition) is 1. The minimum Gasteiger partial charge on any atom is -0.493 e. The number of ether oxygens (including phenoxy) is 2. The van der Waals surface area contributed by atoms with E-state index >= 15 is 0 Å². The van der Waals surface area contributed by atoms with Crippen LogP contribution >= 0.6 is 46.4 Å². The third-order valence-corrected chi connectivity index (χ3v) is 7.98. The summed E-state index contributed by atoms with van der Waals surface area (Å²) in [5.41, 5.74) is 3.31. The van der Waals surface area contributed by atoms with Crippen LogP contribution in [0.3, 0.4) is 0 Å². The van der Waals surface area contributed by atoms with Crippen LogP contribution < -0.4 is 4.74 Å². The van der Waals surface area contributed by atoms with Gasteiger partial charge in [0.15, 0.2) is 0 Å². The normalized spacial score (nSPS) is 11.9. The molecule has 4 aromatic rings. The Kier molecular flexibility index (Phi) is 13.2. The van der Waals surface area contributed by atoms with E-state index in [9.17, 15) is 4.79 Å². The number of aryl methyl sites for hydroxylation is 2. The van der Waals surface area contributed by atoms with E-state index in [2.05, 4.69) is 11.1 Å². The third-order valence-electron chi connectivity index (χ3n) is 6.83. The molecule has 4 rings (SSSR count). The maximum absolute atomic E-state index is 10.9. The van der Waals surface area contributed by atoms with Gasteiger partial charge >= 0.3 is 5.97 Å². The highest BCUT2D eigenvalue weighted by atomic mass is 35.5. The van der Waals surface area contributed by atoms with Crippen LogP contribution in [0.5, 0.6) is 5.75 Å². The summed E-state index contributed by atoms with van der Waals surface area (Å²) in [5.74, 6) is 0.136. The van der Waals surface area contributed by atoms with Gasteiger partial charge in [-0.3, -0.25) is 4.79 Å². The summed E-state index contributed by atoms with van der Waals surface area (Å²) in [6.07, 6.45) is 6.40. The van der Waals surface area contributed by atoms with E-state index in [-0.39, 0.29) is 6.10 Å². The topological polar surface area (TPSA) is 73.6 Å². The molecule has 1 atom stereocenters. The first kappa shape index (κ1) is 34.7. The Morgan fingerprint density at radius 2 is 1.67 bits per heavy atom. The van der Waals surface area contributed by atoms with Crippen molar-refractivity contribution in [1.29, 1.82) is 0 Å². The molecule has 3 aromatic carbocycles. The molecule has 0 saturated carbocycles. The number of hydrogen-bond acceptors (Lipinski definition) is 4. The van der Waals surface area contributed by atoms with Crippen molar-refractivity contribution in [2.75, 3.05) is 6.61 Å². The van der Waals surface area contributed by atoms with Gasteiger partial charge in [-0.15, -0.1) is 0 Å². The Balaban J connectivity index is 0.000000250. The molecular weight excluding hydrogens is 630 g/mol. The number of nitrogens with zero attached hydrogens (tertiary/aromatic N) is 2. The van der Waals surface area contributed by atoms with Gasteiger partial charge in [-0.2, -0.15) is 0 Å². The molecule has 230 valence electrons. The fourth-order valence-electron chi connectivity index (χ4n) is 4.08. The molecule has 0 bridgehead atoms. The summed E-state index contributed by atoms with van der Waals surface area (Å²) >= 11 is 24.5. The van der Waals surface area contributed by atoms with Crippen molar-refractivity contribution in [3.63, 3.8) is 0 Å². The molecular formula is C33H36Cl4N2O4. The van der Waals surface area contributed by atoms with Crippen molar-refractivity contribution >= 4 is 52.4 Å². The molecule has 0 aliphatic carbocycles. The molecule has 1 aromatic heterocycles. The van der Waals surface area contributed by atoms with E-state index in [1.165, 1.54) is 5.56 Å². The van der Waals surface area contributed by atoms with Gasteiger partial charge in [-0.1, -0.05) is 70.7 Å². The SMILES string of the molecule is Cc1ccc(C)c(OCCCC(C)(C)C(=O)O)c1.Clc1ccc(COC(Cn2ccnc2)c2ccc(Cl)cc2Cl)c(Cl)c1. The molecule has 0 amide bonds. The Morgan fingerprint density at radius 1 is 0.977 bits per heavy atom. The molecule has 0 radical (unpaired) electrons. The number of rotatable bonds is 12. The van der Waals surface area contributed by atoms with Crippen LogP contribution in [-0.4, -0.2) is 27.2 Å². The monoisotopic (exact) mass is 664 g/mol. The first-order valence-electron chi connectivity index (χ1n) is 13.8. The van der Waals surface area contributed by atoms with Gasteiger partial charge in [0.1, 0.15) is 11.9 Å². The van der Waals surface area contributed by atoms with Gasteiger partial charge in [-0.05, 0) is 87.6 Å². The average molecular weight is 666 g/mol. The molecule has 0 spiro atoms. The second kappa shape index (κ2) is 16.4. The molecule has 6 nitrogen and oxygen atoms in total. The highest BCUT2D eigenvalue weighted by Crippen LogP contribution is 2.31.